The van der Waals surface area contributed by atoms with Crippen LogP contribution in [0.5, 0.6) is 0 Å². The van der Waals surface area contributed by atoms with Crippen LogP contribution in [-0.2, 0) is 6.54 Å². The highest BCUT2D eigenvalue weighted by Gasteiger charge is 2.08. The van der Waals surface area contributed by atoms with E-state index in [4.69, 9.17) is 5.73 Å². The van der Waals surface area contributed by atoms with Gasteiger partial charge in [0.1, 0.15) is 0 Å². The molecule has 18 heavy (non-hydrogen) atoms. The summed E-state index contributed by atoms with van der Waals surface area (Å²) in [5.74, 6) is 0. The first-order chi connectivity index (χ1) is 8.90. The van der Waals surface area contributed by atoms with Crippen molar-refractivity contribution in [3.63, 3.8) is 0 Å². The van der Waals surface area contributed by atoms with Gasteiger partial charge >= 0.3 is 0 Å². The summed E-state index contributed by atoms with van der Waals surface area (Å²) in [6.45, 7) is 1.51. The fraction of sp³-hybridized carbons (Fsp3) is 0.125. The second-order valence-corrected chi connectivity index (χ2v) is 4.41. The van der Waals surface area contributed by atoms with E-state index in [1.165, 1.54) is 22.0 Å². The molecule has 0 saturated carbocycles. The van der Waals surface area contributed by atoms with E-state index in [1.54, 1.807) is 0 Å². The first-order valence-corrected chi connectivity index (χ1v) is 6.23. The number of hydrogen-bond acceptors (Lipinski definition) is 1. The zero-order chi connectivity index (χ0) is 12.4. The van der Waals surface area contributed by atoms with Gasteiger partial charge in [-0.3, -0.25) is 0 Å². The maximum atomic E-state index is 5.68. The second-order valence-electron chi connectivity index (χ2n) is 4.41. The fourth-order valence-electron chi connectivity index (χ4n) is 2.42. The van der Waals surface area contributed by atoms with E-state index >= 15 is 0 Å². The van der Waals surface area contributed by atoms with Gasteiger partial charge < -0.3 is 10.3 Å². The average Bonchev–Trinajstić information content (AvgIpc) is 2.80. The summed E-state index contributed by atoms with van der Waals surface area (Å²) in [5.41, 5.74) is 9.46. The minimum absolute atomic E-state index is 0.660. The topological polar surface area (TPSA) is 30.9 Å². The smallest absolute Gasteiger partial charge is 0.0487 e. The van der Waals surface area contributed by atoms with Gasteiger partial charge in [-0.2, -0.15) is 0 Å². The maximum absolute atomic E-state index is 5.68. The van der Waals surface area contributed by atoms with Crippen molar-refractivity contribution < 1.29 is 0 Å². The number of hydrogen-bond donors (Lipinski definition) is 1. The molecule has 2 N–H and O–H groups in total. The molecule has 2 nitrogen and oxygen atoms in total. The maximum Gasteiger partial charge on any atom is 0.0487 e. The van der Waals surface area contributed by atoms with E-state index in [-0.39, 0.29) is 0 Å². The number of nitrogens with two attached hydrogens (primary N) is 1. The summed E-state index contributed by atoms with van der Waals surface area (Å²) in [5, 5.41) is 1.29. The van der Waals surface area contributed by atoms with Crippen LogP contribution in [0.25, 0.3) is 22.0 Å². The van der Waals surface area contributed by atoms with E-state index in [2.05, 4.69) is 59.3 Å². The molecule has 0 amide bonds. The van der Waals surface area contributed by atoms with Crippen LogP contribution in [0.2, 0.25) is 0 Å². The number of aromatic nitrogens is 1. The predicted molar refractivity (Wildman–Crippen MR) is 76.4 cm³/mol. The van der Waals surface area contributed by atoms with Gasteiger partial charge in [0.2, 0.25) is 0 Å². The van der Waals surface area contributed by atoms with Gasteiger partial charge in [-0.25, -0.2) is 0 Å². The van der Waals surface area contributed by atoms with Gasteiger partial charge in [-0.1, -0.05) is 48.5 Å². The lowest BCUT2D eigenvalue weighted by Gasteiger charge is -2.01. The molecule has 0 aliphatic heterocycles. The molecule has 0 aliphatic carbocycles. The SMILES string of the molecule is NCCn1cc(-c2ccccc2)c2ccccc21. The molecule has 1 heterocycles. The molecule has 0 spiro atoms. The standard InChI is InChI=1S/C16H16N2/c17-10-11-18-12-15(13-6-2-1-3-7-13)14-8-4-5-9-16(14)18/h1-9,12H,10-11,17H2. The molecular weight excluding hydrogens is 220 g/mol. The van der Waals surface area contributed by atoms with E-state index < -0.39 is 0 Å². The van der Waals surface area contributed by atoms with Crippen molar-refractivity contribution in [3.8, 4) is 11.1 Å². The Morgan fingerprint density at radius 1 is 0.889 bits per heavy atom. The Balaban J connectivity index is 2.24. The first-order valence-electron chi connectivity index (χ1n) is 6.23. The lowest BCUT2D eigenvalue weighted by Crippen LogP contribution is -2.08. The largest absolute Gasteiger partial charge is 0.346 e. The monoisotopic (exact) mass is 236 g/mol. The van der Waals surface area contributed by atoms with Crippen LogP contribution < -0.4 is 5.73 Å². The second kappa shape index (κ2) is 4.67. The molecule has 90 valence electrons. The van der Waals surface area contributed by atoms with E-state index in [1.807, 2.05) is 6.07 Å². The molecule has 0 aliphatic rings. The van der Waals surface area contributed by atoms with Gasteiger partial charge in [-0.15, -0.1) is 0 Å². The van der Waals surface area contributed by atoms with Gasteiger partial charge in [0.15, 0.2) is 0 Å². The number of rotatable bonds is 3. The molecule has 0 saturated heterocycles. The van der Waals surface area contributed by atoms with E-state index in [9.17, 15) is 0 Å². The summed E-state index contributed by atoms with van der Waals surface area (Å²) in [6.07, 6.45) is 2.20. The van der Waals surface area contributed by atoms with Crippen molar-refractivity contribution in [3.05, 3.63) is 60.8 Å². The number of fused-ring (bicyclic) bond motifs is 1. The van der Waals surface area contributed by atoms with Crippen molar-refractivity contribution in [2.45, 2.75) is 6.54 Å². The molecule has 0 radical (unpaired) electrons. The van der Waals surface area contributed by atoms with E-state index in [0.29, 0.717) is 6.54 Å². The van der Waals surface area contributed by atoms with Gasteiger partial charge in [0.25, 0.3) is 0 Å². The summed E-state index contributed by atoms with van der Waals surface area (Å²) >= 11 is 0. The highest BCUT2D eigenvalue weighted by atomic mass is 15.0. The lowest BCUT2D eigenvalue weighted by molar-refractivity contribution is 0.736. The van der Waals surface area contributed by atoms with Crippen LogP contribution in [0.1, 0.15) is 0 Å². The fourth-order valence-corrected chi connectivity index (χ4v) is 2.42. The van der Waals surface area contributed by atoms with E-state index in [0.717, 1.165) is 6.54 Å². The minimum Gasteiger partial charge on any atom is -0.346 e. The predicted octanol–water partition coefficient (Wildman–Crippen LogP) is 3.27. The quantitative estimate of drug-likeness (QED) is 0.743. The summed E-state index contributed by atoms with van der Waals surface area (Å²) < 4.78 is 2.23. The molecular formula is C16H16N2. The Morgan fingerprint density at radius 3 is 2.39 bits per heavy atom. The highest BCUT2D eigenvalue weighted by Crippen LogP contribution is 2.30. The average molecular weight is 236 g/mol. The Kier molecular flexibility index (Phi) is 2.87. The van der Waals surface area contributed by atoms with Crippen molar-refractivity contribution in [1.82, 2.24) is 4.57 Å². The number of benzene rings is 2. The number of para-hydroxylation sites is 1. The molecule has 2 heteroatoms. The molecule has 0 atom stereocenters. The molecule has 0 bridgehead atoms. The van der Waals surface area contributed by atoms with Crippen LogP contribution in [0.4, 0.5) is 0 Å². The first kappa shape index (κ1) is 11.1. The van der Waals surface area contributed by atoms with Gasteiger partial charge in [0.05, 0.1) is 0 Å². The molecule has 2 aromatic carbocycles. The summed E-state index contributed by atoms with van der Waals surface area (Å²) in [6, 6.07) is 19.0. The third-order valence-corrected chi connectivity index (χ3v) is 3.24. The minimum atomic E-state index is 0.660. The van der Waals surface area contributed by atoms with Crippen molar-refractivity contribution >= 4 is 10.9 Å². The van der Waals surface area contributed by atoms with Gasteiger partial charge in [0, 0.05) is 35.8 Å². The molecule has 3 rings (SSSR count). The van der Waals surface area contributed by atoms with Crippen molar-refractivity contribution in [2.75, 3.05) is 6.54 Å². The Labute approximate surface area is 107 Å². The van der Waals surface area contributed by atoms with Crippen molar-refractivity contribution in [2.24, 2.45) is 5.73 Å². The zero-order valence-electron chi connectivity index (χ0n) is 10.2. The summed E-state index contributed by atoms with van der Waals surface area (Å²) in [7, 11) is 0. The Hall–Kier alpha value is -2.06. The highest BCUT2D eigenvalue weighted by molar-refractivity contribution is 5.96. The van der Waals surface area contributed by atoms with Crippen molar-refractivity contribution in [1.29, 1.82) is 0 Å². The zero-order valence-corrected chi connectivity index (χ0v) is 10.2. The van der Waals surface area contributed by atoms with Crippen LogP contribution in [0.15, 0.2) is 60.8 Å². The van der Waals surface area contributed by atoms with Crippen LogP contribution in [0.3, 0.4) is 0 Å². The Morgan fingerprint density at radius 2 is 1.61 bits per heavy atom. The number of nitrogens with zero attached hydrogens (tertiary/aromatic N) is 1. The van der Waals surface area contributed by atoms with Crippen LogP contribution in [-0.4, -0.2) is 11.1 Å². The van der Waals surface area contributed by atoms with Crippen LogP contribution >= 0.6 is 0 Å². The Bertz CT molecular complexity index is 653. The summed E-state index contributed by atoms with van der Waals surface area (Å²) in [4.78, 5) is 0. The third-order valence-electron chi connectivity index (χ3n) is 3.24. The molecule has 0 fully saturated rings. The molecule has 0 unspecified atom stereocenters. The van der Waals surface area contributed by atoms with Crippen LogP contribution in [0, 0.1) is 0 Å². The molecule has 3 aromatic rings. The van der Waals surface area contributed by atoms with Gasteiger partial charge in [-0.05, 0) is 11.6 Å². The lowest BCUT2D eigenvalue weighted by atomic mass is 10.1. The normalized spacial score (nSPS) is 10.9. The molecule has 1 aromatic heterocycles. The third kappa shape index (κ3) is 1.81.